The van der Waals surface area contributed by atoms with E-state index in [9.17, 15) is 8.42 Å². The molecule has 0 aromatic rings. The van der Waals surface area contributed by atoms with Gasteiger partial charge in [-0.1, -0.05) is 15.9 Å². The highest BCUT2D eigenvalue weighted by Gasteiger charge is 2.18. The number of rotatable bonds is 6. The maximum absolute atomic E-state index is 11.1. The number of halogens is 1. The quantitative estimate of drug-likeness (QED) is 0.599. The molecule has 0 bridgehead atoms. The molecule has 74 valence electrons. The van der Waals surface area contributed by atoms with Crippen LogP contribution in [-0.4, -0.2) is 53.9 Å². The molecule has 0 aromatic heterocycles. The average Bonchev–Trinajstić information content (AvgIpc) is 2.04. The van der Waals surface area contributed by atoms with Crippen LogP contribution < -0.4 is 0 Å². The van der Waals surface area contributed by atoms with Crippen LogP contribution in [0.2, 0.25) is 0 Å². The molecule has 2 N–H and O–H groups in total. The molecule has 0 saturated heterocycles. The van der Waals surface area contributed by atoms with E-state index >= 15 is 0 Å². The van der Waals surface area contributed by atoms with Crippen LogP contribution in [0.5, 0.6) is 0 Å². The number of hydrogen-bond acceptors (Lipinski definition) is 4. The zero-order chi connectivity index (χ0) is 9.61. The lowest BCUT2D eigenvalue weighted by Crippen LogP contribution is -2.36. The van der Waals surface area contributed by atoms with Gasteiger partial charge in [0.05, 0.1) is 13.2 Å². The van der Waals surface area contributed by atoms with E-state index in [1.54, 1.807) is 0 Å². The Morgan fingerprint density at radius 3 is 1.83 bits per heavy atom. The van der Waals surface area contributed by atoms with Crippen LogP contribution >= 0.6 is 15.9 Å². The van der Waals surface area contributed by atoms with E-state index in [4.69, 9.17) is 10.2 Å². The van der Waals surface area contributed by atoms with Gasteiger partial charge in [0.25, 0.3) is 0 Å². The number of sulfonamides is 1. The molecule has 0 aliphatic heterocycles. The molecule has 12 heavy (non-hydrogen) atoms. The van der Waals surface area contributed by atoms with Crippen molar-refractivity contribution in [3.05, 3.63) is 0 Å². The van der Waals surface area contributed by atoms with Gasteiger partial charge in [-0.25, -0.2) is 8.42 Å². The number of aliphatic hydroxyl groups is 2. The van der Waals surface area contributed by atoms with Gasteiger partial charge in [0.15, 0.2) is 0 Å². The van der Waals surface area contributed by atoms with Crippen molar-refractivity contribution in [1.82, 2.24) is 4.31 Å². The van der Waals surface area contributed by atoms with Crippen LogP contribution in [0.4, 0.5) is 0 Å². The molecule has 0 radical (unpaired) electrons. The van der Waals surface area contributed by atoms with E-state index in [0.717, 1.165) is 4.31 Å². The van der Waals surface area contributed by atoms with E-state index in [1.165, 1.54) is 0 Å². The van der Waals surface area contributed by atoms with Crippen LogP contribution in [0.15, 0.2) is 0 Å². The molecule has 0 unspecified atom stereocenters. The predicted molar refractivity (Wildman–Crippen MR) is 48.5 cm³/mol. The summed E-state index contributed by atoms with van der Waals surface area (Å²) in [5.41, 5.74) is 0. The lowest BCUT2D eigenvalue weighted by Gasteiger charge is -2.18. The highest BCUT2D eigenvalue weighted by molar-refractivity contribution is 9.10. The molecule has 7 heteroatoms. The van der Waals surface area contributed by atoms with Crippen LogP contribution in [0.1, 0.15) is 0 Å². The van der Waals surface area contributed by atoms with Gasteiger partial charge in [0.2, 0.25) is 10.0 Å². The molecule has 0 fully saturated rings. The highest BCUT2D eigenvalue weighted by Crippen LogP contribution is 2.03. The molecule has 0 atom stereocenters. The fourth-order valence-electron chi connectivity index (χ4n) is 0.682. The van der Waals surface area contributed by atoms with Gasteiger partial charge in [0, 0.05) is 13.1 Å². The zero-order valence-electron chi connectivity index (χ0n) is 6.48. The maximum atomic E-state index is 11.1. The predicted octanol–water partition coefficient (Wildman–Crippen LogP) is -1.04. The van der Waals surface area contributed by atoms with Crippen LogP contribution in [0.3, 0.4) is 0 Å². The van der Waals surface area contributed by atoms with Crippen molar-refractivity contribution in [2.75, 3.05) is 31.0 Å². The second-order valence-electron chi connectivity index (χ2n) is 2.07. The monoisotopic (exact) mass is 261 g/mol. The number of alkyl halides is 1. The van der Waals surface area contributed by atoms with Gasteiger partial charge >= 0.3 is 0 Å². The van der Waals surface area contributed by atoms with Gasteiger partial charge in [-0.05, 0) is 0 Å². The smallest absolute Gasteiger partial charge is 0.224 e. The van der Waals surface area contributed by atoms with Crippen molar-refractivity contribution in [1.29, 1.82) is 0 Å². The normalized spacial score (nSPS) is 12.3. The Labute approximate surface area is 80.2 Å². The van der Waals surface area contributed by atoms with Gasteiger partial charge < -0.3 is 10.2 Å². The van der Waals surface area contributed by atoms with E-state index in [2.05, 4.69) is 15.9 Å². The summed E-state index contributed by atoms with van der Waals surface area (Å²) in [5.74, 6) is 0. The second kappa shape index (κ2) is 5.87. The molecular formula is C5H12BrNO4S. The molecule has 0 saturated carbocycles. The number of aliphatic hydroxyl groups excluding tert-OH is 2. The Morgan fingerprint density at radius 2 is 1.58 bits per heavy atom. The summed E-state index contributed by atoms with van der Waals surface area (Å²) in [7, 11) is -3.35. The summed E-state index contributed by atoms with van der Waals surface area (Å²) in [6.45, 7) is -0.443. The first-order valence-electron chi connectivity index (χ1n) is 3.34. The first-order valence-corrected chi connectivity index (χ1v) is 6.07. The first-order chi connectivity index (χ1) is 5.58. The topological polar surface area (TPSA) is 77.8 Å². The van der Waals surface area contributed by atoms with Crippen molar-refractivity contribution >= 4 is 26.0 Å². The van der Waals surface area contributed by atoms with Crippen molar-refractivity contribution < 1.29 is 18.6 Å². The largest absolute Gasteiger partial charge is 0.395 e. The van der Waals surface area contributed by atoms with Gasteiger partial charge in [-0.3, -0.25) is 0 Å². The SMILES string of the molecule is O=S(=O)(CBr)N(CCO)CCO. The minimum atomic E-state index is -3.35. The molecule has 0 rings (SSSR count). The fourth-order valence-corrected chi connectivity index (χ4v) is 2.41. The molecule has 5 nitrogen and oxygen atoms in total. The third kappa shape index (κ3) is 3.81. The van der Waals surface area contributed by atoms with Crippen molar-refractivity contribution in [2.45, 2.75) is 0 Å². The minimum absolute atomic E-state index is 0.0223. The van der Waals surface area contributed by atoms with Crippen LogP contribution in [-0.2, 0) is 10.0 Å². The fraction of sp³-hybridized carbons (Fsp3) is 1.00. The van der Waals surface area contributed by atoms with Crippen molar-refractivity contribution in [3.63, 3.8) is 0 Å². The van der Waals surface area contributed by atoms with Crippen LogP contribution in [0, 0.1) is 0 Å². The summed E-state index contributed by atoms with van der Waals surface area (Å²) >= 11 is 2.82. The van der Waals surface area contributed by atoms with E-state index in [1.807, 2.05) is 0 Å². The summed E-state index contributed by atoms with van der Waals surface area (Å²) in [6, 6.07) is 0. The summed E-state index contributed by atoms with van der Waals surface area (Å²) in [6.07, 6.45) is 0. The Bertz CT molecular complexity index is 199. The average molecular weight is 262 g/mol. The Kier molecular flexibility index (Phi) is 6.02. The first kappa shape index (κ1) is 12.3. The number of nitrogens with zero attached hydrogens (tertiary/aromatic N) is 1. The maximum Gasteiger partial charge on any atom is 0.224 e. The van der Waals surface area contributed by atoms with Gasteiger partial charge in [-0.2, -0.15) is 4.31 Å². The van der Waals surface area contributed by atoms with Gasteiger partial charge in [-0.15, -0.1) is 0 Å². The molecule has 0 aliphatic carbocycles. The third-order valence-corrected chi connectivity index (χ3v) is 4.39. The summed E-state index contributed by atoms with van der Waals surface area (Å²) < 4.78 is 23.1. The molecule has 0 heterocycles. The summed E-state index contributed by atoms with van der Waals surface area (Å²) in [5, 5.41) is 17.0. The standard InChI is InChI=1S/C5H12BrNO4S/c6-5-12(10,11)7(1-3-8)2-4-9/h8-9H,1-5H2. The molecule has 0 aromatic carbocycles. The number of hydrogen-bond donors (Lipinski definition) is 2. The highest BCUT2D eigenvalue weighted by atomic mass is 79.9. The van der Waals surface area contributed by atoms with E-state index in [-0.39, 0.29) is 31.0 Å². The Hall–Kier alpha value is 0.310. The Morgan fingerprint density at radius 1 is 1.17 bits per heavy atom. The molecular weight excluding hydrogens is 250 g/mol. The molecule has 0 amide bonds. The molecule has 0 aliphatic rings. The van der Waals surface area contributed by atoms with Gasteiger partial charge in [0.1, 0.15) is 4.66 Å². The minimum Gasteiger partial charge on any atom is -0.395 e. The van der Waals surface area contributed by atoms with E-state index in [0.29, 0.717) is 0 Å². The zero-order valence-corrected chi connectivity index (χ0v) is 8.88. The third-order valence-electron chi connectivity index (χ3n) is 1.23. The Balaban J connectivity index is 4.28. The van der Waals surface area contributed by atoms with Crippen LogP contribution in [0.25, 0.3) is 0 Å². The lowest BCUT2D eigenvalue weighted by atomic mass is 10.6. The van der Waals surface area contributed by atoms with Crippen molar-refractivity contribution in [2.24, 2.45) is 0 Å². The second-order valence-corrected chi connectivity index (χ2v) is 5.34. The summed E-state index contributed by atoms with van der Waals surface area (Å²) in [4.78, 5) is 0. The van der Waals surface area contributed by atoms with E-state index < -0.39 is 10.0 Å². The lowest BCUT2D eigenvalue weighted by molar-refractivity contribution is 0.218. The van der Waals surface area contributed by atoms with Crippen molar-refractivity contribution in [3.8, 4) is 0 Å². The molecule has 0 spiro atoms.